The molecule has 2 bridgehead atoms. The van der Waals surface area contributed by atoms with Crippen molar-refractivity contribution < 1.29 is 0 Å². The number of fused-ring (bicyclic) bond motifs is 4. The second kappa shape index (κ2) is 6.70. The average Bonchev–Trinajstić information content (AvgIpc) is 2.90. The number of allylic oxidation sites excluding steroid dienone is 2. The van der Waals surface area contributed by atoms with Crippen molar-refractivity contribution in [3.8, 4) is 0 Å². The lowest BCUT2D eigenvalue weighted by atomic mass is 9.72. The normalized spacial score (nSPS) is 45.6. The Hall–Kier alpha value is -0.260. The molecule has 3 fully saturated rings. The summed E-state index contributed by atoms with van der Waals surface area (Å²) in [6.07, 6.45) is 22.6. The van der Waals surface area contributed by atoms with E-state index in [2.05, 4.69) is 13.0 Å². The highest BCUT2D eigenvalue weighted by Crippen LogP contribution is 2.49. The number of hydrogen-bond acceptors (Lipinski definition) is 0. The molecule has 0 radical (unpaired) electrons. The maximum Gasteiger partial charge on any atom is -0.0198 e. The Morgan fingerprint density at radius 1 is 0.864 bits per heavy atom. The summed E-state index contributed by atoms with van der Waals surface area (Å²) in [4.78, 5) is 0. The van der Waals surface area contributed by atoms with Gasteiger partial charge >= 0.3 is 0 Å². The quantitative estimate of drug-likeness (QED) is 0.469. The Morgan fingerprint density at radius 3 is 2.50 bits per heavy atom. The van der Waals surface area contributed by atoms with Crippen molar-refractivity contribution in [2.45, 2.75) is 90.4 Å². The summed E-state index contributed by atoms with van der Waals surface area (Å²) >= 11 is 0. The van der Waals surface area contributed by atoms with Gasteiger partial charge < -0.3 is 0 Å². The lowest BCUT2D eigenvalue weighted by molar-refractivity contribution is 0.231. The predicted octanol–water partition coefficient (Wildman–Crippen LogP) is 6.76. The zero-order valence-corrected chi connectivity index (χ0v) is 14.7. The molecule has 22 heavy (non-hydrogen) atoms. The standard InChI is InChI=1S/C22H36/c1-2-16-8-9-21-14-17-10-18(15-22(21)11-16)13-20-7-5-3-4-6-19(20)12-17/h14,16-20,22H,2-13,15H2,1H3. The van der Waals surface area contributed by atoms with Crippen LogP contribution in [0.3, 0.4) is 0 Å². The smallest absolute Gasteiger partial charge is 0.0198 e. The predicted molar refractivity (Wildman–Crippen MR) is 94.7 cm³/mol. The Labute approximate surface area is 138 Å². The Kier molecular flexibility index (Phi) is 4.65. The second-order valence-electron chi connectivity index (χ2n) is 9.21. The Morgan fingerprint density at radius 2 is 1.68 bits per heavy atom. The second-order valence-corrected chi connectivity index (χ2v) is 9.21. The summed E-state index contributed by atoms with van der Waals surface area (Å²) in [5.41, 5.74) is 1.91. The molecule has 0 nitrogen and oxygen atoms in total. The van der Waals surface area contributed by atoms with Crippen molar-refractivity contribution in [3.63, 3.8) is 0 Å². The van der Waals surface area contributed by atoms with E-state index in [0.29, 0.717) is 0 Å². The molecule has 124 valence electrons. The third-order valence-electron chi connectivity index (χ3n) is 7.82. The molecule has 0 amide bonds. The minimum Gasteiger partial charge on any atom is -0.0819 e. The van der Waals surface area contributed by atoms with E-state index < -0.39 is 0 Å². The van der Waals surface area contributed by atoms with Crippen LogP contribution in [-0.4, -0.2) is 0 Å². The van der Waals surface area contributed by atoms with Crippen LogP contribution in [0.25, 0.3) is 0 Å². The lowest BCUT2D eigenvalue weighted by Gasteiger charge is -2.34. The van der Waals surface area contributed by atoms with Crippen LogP contribution >= 0.6 is 0 Å². The van der Waals surface area contributed by atoms with Crippen LogP contribution < -0.4 is 0 Å². The molecule has 4 rings (SSSR count). The first-order valence-corrected chi connectivity index (χ1v) is 10.5. The van der Waals surface area contributed by atoms with Crippen molar-refractivity contribution in [1.82, 2.24) is 0 Å². The topological polar surface area (TPSA) is 0 Å². The minimum absolute atomic E-state index is 0.955. The van der Waals surface area contributed by atoms with E-state index >= 15 is 0 Å². The zero-order chi connectivity index (χ0) is 14.9. The molecule has 0 spiro atoms. The van der Waals surface area contributed by atoms with Crippen LogP contribution in [0.15, 0.2) is 11.6 Å². The first-order valence-electron chi connectivity index (χ1n) is 10.5. The van der Waals surface area contributed by atoms with E-state index in [1.807, 2.05) is 5.57 Å². The molecule has 4 aliphatic rings. The third kappa shape index (κ3) is 3.17. The van der Waals surface area contributed by atoms with Gasteiger partial charge in [-0.05, 0) is 80.5 Å². The lowest BCUT2D eigenvalue weighted by Crippen LogP contribution is -2.21. The molecule has 0 aromatic carbocycles. The molecule has 0 saturated heterocycles. The molecular formula is C22H36. The summed E-state index contributed by atoms with van der Waals surface area (Å²) < 4.78 is 0. The van der Waals surface area contributed by atoms with E-state index in [1.54, 1.807) is 38.5 Å². The Balaban J connectivity index is 1.54. The van der Waals surface area contributed by atoms with Gasteiger partial charge in [0.25, 0.3) is 0 Å². The fraction of sp³-hybridized carbons (Fsp3) is 0.909. The maximum atomic E-state index is 2.82. The van der Waals surface area contributed by atoms with Crippen molar-refractivity contribution >= 4 is 0 Å². The van der Waals surface area contributed by atoms with Crippen LogP contribution in [0, 0.1) is 35.5 Å². The third-order valence-corrected chi connectivity index (χ3v) is 7.82. The molecule has 0 heterocycles. The summed E-state index contributed by atoms with van der Waals surface area (Å²) in [5, 5.41) is 0. The SMILES string of the molecule is CCC1CCC2=CC3CC(CC2C1)CC1CCCCCC1C3. The van der Waals surface area contributed by atoms with E-state index in [1.165, 1.54) is 44.9 Å². The summed E-state index contributed by atoms with van der Waals surface area (Å²) in [7, 11) is 0. The van der Waals surface area contributed by atoms with Gasteiger partial charge in [0, 0.05) is 0 Å². The van der Waals surface area contributed by atoms with Crippen LogP contribution in [0.5, 0.6) is 0 Å². The van der Waals surface area contributed by atoms with Crippen molar-refractivity contribution in [3.05, 3.63) is 11.6 Å². The van der Waals surface area contributed by atoms with Gasteiger partial charge in [-0.1, -0.05) is 57.1 Å². The van der Waals surface area contributed by atoms with Crippen LogP contribution in [-0.2, 0) is 0 Å². The van der Waals surface area contributed by atoms with Crippen LogP contribution in [0.4, 0.5) is 0 Å². The van der Waals surface area contributed by atoms with Gasteiger partial charge in [-0.2, -0.15) is 0 Å². The van der Waals surface area contributed by atoms with Gasteiger partial charge in [0.2, 0.25) is 0 Å². The summed E-state index contributed by atoms with van der Waals surface area (Å²) in [6, 6.07) is 0. The van der Waals surface area contributed by atoms with Gasteiger partial charge in [0.15, 0.2) is 0 Å². The molecule has 0 aliphatic heterocycles. The maximum absolute atomic E-state index is 2.82. The number of rotatable bonds is 1. The molecule has 0 N–H and O–H groups in total. The Bertz CT molecular complexity index is 406. The van der Waals surface area contributed by atoms with Crippen molar-refractivity contribution in [2.75, 3.05) is 0 Å². The van der Waals surface area contributed by atoms with E-state index in [4.69, 9.17) is 0 Å². The highest BCUT2D eigenvalue weighted by Gasteiger charge is 2.37. The summed E-state index contributed by atoms with van der Waals surface area (Å²) in [5.74, 6) is 6.21. The number of hydrogen-bond donors (Lipinski definition) is 0. The molecule has 6 atom stereocenters. The van der Waals surface area contributed by atoms with Crippen molar-refractivity contribution in [2.24, 2.45) is 35.5 Å². The van der Waals surface area contributed by atoms with Gasteiger partial charge in [0.05, 0.1) is 0 Å². The minimum atomic E-state index is 0.955. The fourth-order valence-corrected chi connectivity index (χ4v) is 6.64. The van der Waals surface area contributed by atoms with Crippen LogP contribution in [0.1, 0.15) is 90.4 Å². The van der Waals surface area contributed by atoms with E-state index in [0.717, 1.165) is 35.5 Å². The fourth-order valence-electron chi connectivity index (χ4n) is 6.64. The van der Waals surface area contributed by atoms with E-state index in [-0.39, 0.29) is 0 Å². The monoisotopic (exact) mass is 300 g/mol. The largest absolute Gasteiger partial charge is 0.0819 e. The molecule has 0 aromatic heterocycles. The van der Waals surface area contributed by atoms with Gasteiger partial charge in [-0.25, -0.2) is 0 Å². The zero-order valence-electron chi connectivity index (χ0n) is 14.7. The molecule has 6 unspecified atom stereocenters. The van der Waals surface area contributed by atoms with Gasteiger partial charge in [0.1, 0.15) is 0 Å². The molecule has 0 aromatic rings. The van der Waals surface area contributed by atoms with Crippen LogP contribution in [0.2, 0.25) is 0 Å². The van der Waals surface area contributed by atoms with E-state index in [9.17, 15) is 0 Å². The molecule has 0 heteroatoms. The summed E-state index contributed by atoms with van der Waals surface area (Å²) in [6.45, 7) is 2.41. The van der Waals surface area contributed by atoms with Crippen molar-refractivity contribution in [1.29, 1.82) is 0 Å². The van der Waals surface area contributed by atoms with Gasteiger partial charge in [-0.15, -0.1) is 0 Å². The molecule has 3 saturated carbocycles. The first kappa shape index (κ1) is 15.3. The van der Waals surface area contributed by atoms with Gasteiger partial charge in [-0.3, -0.25) is 0 Å². The average molecular weight is 301 g/mol. The molecular weight excluding hydrogens is 264 g/mol. The highest BCUT2D eigenvalue weighted by molar-refractivity contribution is 5.15. The molecule has 4 aliphatic carbocycles. The first-order chi connectivity index (χ1) is 10.8. The highest BCUT2D eigenvalue weighted by atomic mass is 14.4.